The lowest BCUT2D eigenvalue weighted by atomic mass is 9.96. The summed E-state index contributed by atoms with van der Waals surface area (Å²) in [5.41, 5.74) is 0. The van der Waals surface area contributed by atoms with Crippen LogP contribution in [0.5, 0.6) is 0 Å². The van der Waals surface area contributed by atoms with Crippen molar-refractivity contribution >= 4 is 5.91 Å². The van der Waals surface area contributed by atoms with E-state index in [0.29, 0.717) is 6.42 Å². The van der Waals surface area contributed by atoms with Crippen LogP contribution in [0.3, 0.4) is 0 Å². The van der Waals surface area contributed by atoms with Gasteiger partial charge in [0.15, 0.2) is 18.9 Å². The molecule has 0 radical (unpaired) electrons. The van der Waals surface area contributed by atoms with Gasteiger partial charge in [-0.25, -0.2) is 0 Å². The second kappa shape index (κ2) is 44.7. The third kappa shape index (κ3) is 28.0. The normalized spacial score (nSPS) is 30.1. The lowest BCUT2D eigenvalue weighted by Gasteiger charge is -2.48. The van der Waals surface area contributed by atoms with Crippen LogP contribution >= 0.6 is 0 Å². The van der Waals surface area contributed by atoms with Crippen molar-refractivity contribution < 1.29 is 89.4 Å². The van der Waals surface area contributed by atoms with Crippen molar-refractivity contribution in [3.63, 3.8) is 0 Å². The average molecular weight is 1150 g/mol. The van der Waals surface area contributed by atoms with Crippen molar-refractivity contribution in [2.75, 3.05) is 26.4 Å². The van der Waals surface area contributed by atoms with Crippen LogP contribution in [0.25, 0.3) is 0 Å². The Hall–Kier alpha value is -1.73. The van der Waals surface area contributed by atoms with Crippen LogP contribution in [0.2, 0.25) is 0 Å². The van der Waals surface area contributed by atoms with Crippen molar-refractivity contribution in [1.82, 2.24) is 5.32 Å². The Morgan fingerprint density at radius 2 is 0.787 bits per heavy atom. The fourth-order valence-electron chi connectivity index (χ4n) is 10.8. The first-order chi connectivity index (χ1) is 38.8. The van der Waals surface area contributed by atoms with Gasteiger partial charge in [-0.1, -0.05) is 199 Å². The fraction of sp³-hybridized carbons (Fsp3) is 0.918. The molecule has 80 heavy (non-hydrogen) atoms. The third-order valence-corrected chi connectivity index (χ3v) is 16.0. The van der Waals surface area contributed by atoms with Crippen LogP contribution in [-0.4, -0.2) is 193 Å². The van der Waals surface area contributed by atoms with E-state index in [4.69, 9.17) is 28.4 Å². The summed E-state index contributed by atoms with van der Waals surface area (Å²) in [6.07, 6.45) is 20.1. The van der Waals surface area contributed by atoms with E-state index in [1.54, 1.807) is 6.08 Å². The lowest BCUT2D eigenvalue weighted by molar-refractivity contribution is -0.379. The van der Waals surface area contributed by atoms with Crippen molar-refractivity contribution in [2.45, 2.75) is 330 Å². The number of hydrogen-bond donors (Lipinski definition) is 12. The molecule has 3 aliphatic rings. The highest BCUT2D eigenvalue weighted by Crippen LogP contribution is 2.33. The summed E-state index contributed by atoms with van der Waals surface area (Å²) in [6.45, 7) is 1.72. The summed E-state index contributed by atoms with van der Waals surface area (Å²) in [6, 6.07) is -0.974. The first kappa shape index (κ1) is 72.5. The van der Waals surface area contributed by atoms with E-state index < -0.39 is 124 Å². The van der Waals surface area contributed by atoms with Gasteiger partial charge in [-0.3, -0.25) is 4.79 Å². The van der Waals surface area contributed by atoms with Gasteiger partial charge in [0.1, 0.15) is 73.2 Å². The number of rotatable bonds is 47. The Labute approximate surface area is 479 Å². The molecule has 3 aliphatic heterocycles. The molecule has 0 aromatic rings. The highest BCUT2D eigenvalue weighted by Gasteiger charge is 2.53. The van der Waals surface area contributed by atoms with E-state index in [9.17, 15) is 61.0 Å². The molecule has 19 nitrogen and oxygen atoms in total. The Balaban J connectivity index is 1.49. The maximum Gasteiger partial charge on any atom is 0.220 e. The van der Waals surface area contributed by atoms with E-state index in [0.717, 1.165) is 64.2 Å². The zero-order valence-electron chi connectivity index (χ0n) is 49.1. The highest BCUT2D eigenvalue weighted by molar-refractivity contribution is 5.76. The molecule has 3 heterocycles. The summed E-state index contributed by atoms with van der Waals surface area (Å²) in [7, 11) is 0. The SMILES string of the molecule is CCCCCCC/C=C\CCCCCCCC(=O)NC(COC1OC(CO)C(OC2OC(CO)C(OC3OC(CO)C(O)C(O)C3O)C(O)C2O)C(O)C1O)C(O)/C=C/CCCCCCCCCCCCCCCCCCCCC. The lowest BCUT2D eigenvalue weighted by Crippen LogP contribution is -2.66. The minimum Gasteiger partial charge on any atom is -0.394 e. The fourth-order valence-corrected chi connectivity index (χ4v) is 10.8. The number of carbonyl (C=O) groups is 1. The van der Waals surface area contributed by atoms with Gasteiger partial charge in [0.2, 0.25) is 5.91 Å². The Bertz CT molecular complexity index is 1560. The van der Waals surface area contributed by atoms with Gasteiger partial charge in [0.25, 0.3) is 0 Å². The molecule has 3 fully saturated rings. The maximum atomic E-state index is 13.3. The standard InChI is InChI=1S/C61H113NO18/c1-3-5-7-9-11-13-15-17-19-20-21-22-23-24-25-26-28-30-32-34-36-38-45(66)44(62-49(67)39-37-35-33-31-29-27-18-16-14-12-10-8-6-4-2)43-75-59-55(73)52(70)57(47(41-64)77-59)80-61-56(74)53(71)58(48(42-65)78-61)79-60-54(72)51(69)50(68)46(40-63)76-60/h16,18,36,38,44-48,50-61,63-66,68-74H,3-15,17,19-35,37,39-43H2,1-2H3,(H,62,67)/b18-16-,38-36+. The topological polar surface area (TPSA) is 307 Å². The molecular formula is C61H113NO18. The molecule has 0 aromatic carbocycles. The van der Waals surface area contributed by atoms with Gasteiger partial charge in [-0.2, -0.15) is 0 Å². The smallest absolute Gasteiger partial charge is 0.220 e. The molecule has 0 bridgehead atoms. The van der Waals surface area contributed by atoms with E-state index in [1.165, 1.54) is 135 Å². The molecule has 17 unspecified atom stereocenters. The highest BCUT2D eigenvalue weighted by atomic mass is 16.8. The van der Waals surface area contributed by atoms with Crippen molar-refractivity contribution in [3.05, 3.63) is 24.3 Å². The van der Waals surface area contributed by atoms with E-state index in [1.807, 2.05) is 6.08 Å². The summed E-state index contributed by atoms with van der Waals surface area (Å²) in [4.78, 5) is 13.3. The molecule has 19 heteroatoms. The molecule has 0 aromatic heterocycles. The van der Waals surface area contributed by atoms with E-state index in [-0.39, 0.29) is 18.9 Å². The van der Waals surface area contributed by atoms with Gasteiger partial charge in [-0.05, 0) is 44.9 Å². The number of allylic oxidation sites excluding steroid dienone is 3. The Kier molecular flexibility index (Phi) is 40.5. The first-order valence-electron chi connectivity index (χ1n) is 31.6. The van der Waals surface area contributed by atoms with Crippen LogP contribution in [-0.2, 0) is 33.2 Å². The first-order valence-corrected chi connectivity index (χ1v) is 31.6. The second-order valence-corrected chi connectivity index (χ2v) is 22.9. The number of carbonyl (C=O) groups excluding carboxylic acids is 1. The predicted octanol–water partition coefficient (Wildman–Crippen LogP) is 6.32. The molecule has 3 rings (SSSR count). The Morgan fingerprint density at radius 3 is 1.21 bits per heavy atom. The zero-order valence-corrected chi connectivity index (χ0v) is 49.1. The number of amides is 1. The number of ether oxygens (including phenoxy) is 6. The third-order valence-electron chi connectivity index (χ3n) is 16.0. The van der Waals surface area contributed by atoms with Gasteiger partial charge in [0, 0.05) is 6.42 Å². The van der Waals surface area contributed by atoms with Gasteiger partial charge < -0.3 is 89.9 Å². The molecule has 470 valence electrons. The van der Waals surface area contributed by atoms with Crippen LogP contribution in [0.4, 0.5) is 0 Å². The summed E-state index contributed by atoms with van der Waals surface area (Å²) >= 11 is 0. The van der Waals surface area contributed by atoms with Crippen LogP contribution in [0.1, 0.15) is 226 Å². The number of aliphatic hydroxyl groups is 11. The minimum atomic E-state index is -1.98. The second-order valence-electron chi connectivity index (χ2n) is 22.9. The molecule has 0 spiro atoms. The molecule has 1 amide bonds. The van der Waals surface area contributed by atoms with Crippen molar-refractivity contribution in [1.29, 1.82) is 0 Å². The molecule has 0 aliphatic carbocycles. The monoisotopic (exact) mass is 1150 g/mol. The van der Waals surface area contributed by atoms with Crippen LogP contribution in [0.15, 0.2) is 24.3 Å². The molecule has 3 saturated heterocycles. The molecule has 0 saturated carbocycles. The van der Waals surface area contributed by atoms with Crippen LogP contribution in [0, 0.1) is 0 Å². The minimum absolute atomic E-state index is 0.235. The Morgan fingerprint density at radius 1 is 0.438 bits per heavy atom. The number of hydrogen-bond acceptors (Lipinski definition) is 18. The van der Waals surface area contributed by atoms with Crippen molar-refractivity contribution in [2.24, 2.45) is 0 Å². The van der Waals surface area contributed by atoms with Crippen LogP contribution < -0.4 is 5.32 Å². The van der Waals surface area contributed by atoms with E-state index >= 15 is 0 Å². The van der Waals surface area contributed by atoms with Gasteiger partial charge in [-0.15, -0.1) is 0 Å². The molecule has 12 N–H and O–H groups in total. The number of aliphatic hydroxyl groups excluding tert-OH is 11. The quantitative estimate of drug-likeness (QED) is 0.0234. The zero-order chi connectivity index (χ0) is 58.3. The van der Waals surface area contributed by atoms with Gasteiger partial charge in [0.05, 0.1) is 38.6 Å². The van der Waals surface area contributed by atoms with Crippen molar-refractivity contribution in [3.8, 4) is 0 Å². The molecule has 17 atom stereocenters. The summed E-state index contributed by atoms with van der Waals surface area (Å²) in [5, 5.41) is 120. The van der Waals surface area contributed by atoms with E-state index in [2.05, 4.69) is 31.3 Å². The summed E-state index contributed by atoms with van der Waals surface area (Å²) < 4.78 is 34.3. The maximum absolute atomic E-state index is 13.3. The molecular weight excluding hydrogens is 1030 g/mol. The predicted molar refractivity (Wildman–Crippen MR) is 305 cm³/mol. The average Bonchev–Trinajstić information content (AvgIpc) is 3.47. The summed E-state index contributed by atoms with van der Waals surface area (Å²) in [5.74, 6) is -0.284. The number of nitrogens with one attached hydrogen (secondary N) is 1. The largest absolute Gasteiger partial charge is 0.394 e. The van der Waals surface area contributed by atoms with Gasteiger partial charge >= 0.3 is 0 Å². The number of unbranched alkanes of at least 4 members (excludes halogenated alkanes) is 29.